The van der Waals surface area contributed by atoms with Crippen molar-refractivity contribution in [2.45, 2.75) is 27.3 Å². The first kappa shape index (κ1) is 16.3. The number of hydrogen-bond acceptors (Lipinski definition) is 4. The molecule has 0 atom stereocenters. The van der Waals surface area contributed by atoms with Crippen LogP contribution < -0.4 is 10.9 Å². The Morgan fingerprint density at radius 1 is 1.29 bits per heavy atom. The first-order valence-corrected chi connectivity index (χ1v) is 8.53. The van der Waals surface area contributed by atoms with E-state index in [1.807, 2.05) is 32.9 Å². The molecule has 0 saturated carbocycles. The molecule has 1 aromatic carbocycles. The maximum atomic E-state index is 12.7. The number of fused-ring (bicyclic) bond motifs is 1. The van der Waals surface area contributed by atoms with Crippen molar-refractivity contribution in [1.29, 1.82) is 0 Å². The average Bonchev–Trinajstić information content (AvgIpc) is 3.00. The standard InChI is InChI=1S/C18H18N2O3S/c1-4-20-13-7-8-24-16(13)15(21)14(18(20)23)17(22)19-12-6-5-10(2)9-11(12)3/h5-9,21H,4H2,1-3H3,(H,19,22). The molecule has 0 aliphatic rings. The van der Waals surface area contributed by atoms with E-state index in [1.165, 1.54) is 15.9 Å². The smallest absolute Gasteiger partial charge is 0.267 e. The normalized spacial score (nSPS) is 11.0. The fourth-order valence-electron chi connectivity index (χ4n) is 2.81. The predicted octanol–water partition coefficient (Wildman–Crippen LogP) is 3.66. The zero-order valence-corrected chi connectivity index (χ0v) is 14.5. The van der Waals surface area contributed by atoms with Gasteiger partial charge in [-0.15, -0.1) is 11.3 Å². The second-order valence-corrected chi connectivity index (χ2v) is 6.60. The van der Waals surface area contributed by atoms with Crippen molar-refractivity contribution in [3.05, 3.63) is 56.7 Å². The molecule has 0 saturated heterocycles. The number of aromatic nitrogens is 1. The van der Waals surface area contributed by atoms with Gasteiger partial charge in [0.05, 0.1) is 10.2 Å². The van der Waals surface area contributed by atoms with Crippen LogP contribution in [0.15, 0.2) is 34.4 Å². The molecule has 2 heterocycles. The number of anilines is 1. The maximum absolute atomic E-state index is 12.7. The van der Waals surface area contributed by atoms with Crippen LogP contribution in [-0.2, 0) is 6.54 Å². The summed E-state index contributed by atoms with van der Waals surface area (Å²) in [6.45, 7) is 6.11. The highest BCUT2D eigenvalue weighted by molar-refractivity contribution is 7.17. The van der Waals surface area contributed by atoms with Crippen molar-refractivity contribution in [1.82, 2.24) is 4.57 Å². The minimum Gasteiger partial charge on any atom is -0.505 e. The van der Waals surface area contributed by atoms with Crippen molar-refractivity contribution in [3.63, 3.8) is 0 Å². The number of benzene rings is 1. The molecule has 3 aromatic rings. The van der Waals surface area contributed by atoms with Gasteiger partial charge in [-0.25, -0.2) is 0 Å². The van der Waals surface area contributed by atoms with Gasteiger partial charge in [0.25, 0.3) is 11.5 Å². The number of hydrogen-bond donors (Lipinski definition) is 2. The van der Waals surface area contributed by atoms with Crippen LogP contribution in [0, 0.1) is 13.8 Å². The van der Waals surface area contributed by atoms with Gasteiger partial charge in [0, 0.05) is 12.2 Å². The van der Waals surface area contributed by atoms with Crippen LogP contribution in [0.3, 0.4) is 0 Å². The van der Waals surface area contributed by atoms with E-state index < -0.39 is 11.5 Å². The van der Waals surface area contributed by atoms with E-state index in [-0.39, 0.29) is 11.3 Å². The number of nitrogens with one attached hydrogen (secondary N) is 1. The van der Waals surface area contributed by atoms with Gasteiger partial charge in [0.1, 0.15) is 5.56 Å². The Balaban J connectivity index is 2.11. The lowest BCUT2D eigenvalue weighted by Crippen LogP contribution is -2.29. The molecule has 0 aliphatic carbocycles. The summed E-state index contributed by atoms with van der Waals surface area (Å²) in [7, 11) is 0. The largest absolute Gasteiger partial charge is 0.505 e. The van der Waals surface area contributed by atoms with Crippen molar-refractivity contribution >= 4 is 33.1 Å². The van der Waals surface area contributed by atoms with Gasteiger partial charge in [0.15, 0.2) is 5.75 Å². The molecule has 0 unspecified atom stereocenters. The fourth-order valence-corrected chi connectivity index (χ4v) is 3.65. The third kappa shape index (κ3) is 2.59. The van der Waals surface area contributed by atoms with Crippen molar-refractivity contribution < 1.29 is 9.90 Å². The van der Waals surface area contributed by atoms with E-state index in [0.717, 1.165) is 11.1 Å². The lowest BCUT2D eigenvalue weighted by Gasteiger charge is -2.12. The Bertz CT molecular complexity index is 1000. The molecule has 2 N–H and O–H groups in total. The Morgan fingerprint density at radius 3 is 2.71 bits per heavy atom. The summed E-state index contributed by atoms with van der Waals surface area (Å²) in [5.74, 6) is -0.848. The highest BCUT2D eigenvalue weighted by Crippen LogP contribution is 2.31. The lowest BCUT2D eigenvalue weighted by atomic mass is 10.1. The number of aryl methyl sites for hydroxylation is 3. The van der Waals surface area contributed by atoms with Crippen LogP contribution >= 0.6 is 11.3 Å². The van der Waals surface area contributed by atoms with E-state index in [9.17, 15) is 14.7 Å². The fraction of sp³-hybridized carbons (Fsp3) is 0.222. The molecule has 3 rings (SSSR count). The number of thiophene rings is 1. The van der Waals surface area contributed by atoms with Gasteiger partial charge < -0.3 is 15.0 Å². The summed E-state index contributed by atoms with van der Waals surface area (Å²) in [5, 5.41) is 15.0. The molecule has 124 valence electrons. The third-order valence-electron chi connectivity index (χ3n) is 4.02. The Labute approximate surface area is 143 Å². The molecule has 0 bridgehead atoms. The summed E-state index contributed by atoms with van der Waals surface area (Å²) < 4.78 is 2.05. The minimum absolute atomic E-state index is 0.216. The molecule has 0 radical (unpaired) electrons. The number of nitrogens with zero attached hydrogens (tertiary/aromatic N) is 1. The van der Waals surface area contributed by atoms with Gasteiger partial charge >= 0.3 is 0 Å². The second kappa shape index (κ2) is 6.13. The Kier molecular flexibility index (Phi) is 4.15. The van der Waals surface area contributed by atoms with Gasteiger partial charge in [-0.2, -0.15) is 0 Å². The van der Waals surface area contributed by atoms with Gasteiger partial charge in [-0.1, -0.05) is 17.7 Å². The van der Waals surface area contributed by atoms with E-state index >= 15 is 0 Å². The second-order valence-electron chi connectivity index (χ2n) is 5.68. The summed E-state index contributed by atoms with van der Waals surface area (Å²) in [6, 6.07) is 7.40. The van der Waals surface area contributed by atoms with Crippen LogP contribution in [0.4, 0.5) is 5.69 Å². The number of carbonyl (C=O) groups is 1. The molecule has 0 fully saturated rings. The number of carbonyl (C=O) groups excluding carboxylic acids is 1. The summed E-state index contributed by atoms with van der Waals surface area (Å²) in [5.41, 5.74) is 2.55. The summed E-state index contributed by atoms with van der Waals surface area (Å²) >= 11 is 1.31. The lowest BCUT2D eigenvalue weighted by molar-refractivity contribution is 0.102. The monoisotopic (exact) mass is 342 g/mol. The minimum atomic E-state index is -0.595. The van der Waals surface area contributed by atoms with Gasteiger partial charge in [-0.3, -0.25) is 9.59 Å². The van der Waals surface area contributed by atoms with Gasteiger partial charge in [-0.05, 0) is 43.8 Å². The van der Waals surface area contributed by atoms with Crippen molar-refractivity contribution in [3.8, 4) is 5.75 Å². The number of rotatable bonds is 3. The zero-order valence-electron chi connectivity index (χ0n) is 13.7. The van der Waals surface area contributed by atoms with Crippen molar-refractivity contribution in [2.24, 2.45) is 0 Å². The number of aromatic hydroxyl groups is 1. The van der Waals surface area contributed by atoms with Crippen LogP contribution in [0.5, 0.6) is 5.75 Å². The molecule has 5 nitrogen and oxygen atoms in total. The van der Waals surface area contributed by atoms with Crippen LogP contribution in [0.1, 0.15) is 28.4 Å². The van der Waals surface area contributed by atoms with Gasteiger partial charge in [0.2, 0.25) is 0 Å². The average molecular weight is 342 g/mol. The highest BCUT2D eigenvalue weighted by Gasteiger charge is 2.23. The molecule has 0 spiro atoms. The quantitative estimate of drug-likeness (QED) is 0.763. The molecule has 2 aromatic heterocycles. The first-order valence-electron chi connectivity index (χ1n) is 7.65. The Morgan fingerprint density at radius 2 is 2.04 bits per heavy atom. The third-order valence-corrected chi connectivity index (χ3v) is 4.93. The molecule has 24 heavy (non-hydrogen) atoms. The zero-order chi connectivity index (χ0) is 17.4. The van der Waals surface area contributed by atoms with Crippen LogP contribution in [0.25, 0.3) is 10.2 Å². The SMILES string of the molecule is CCn1c(=O)c(C(=O)Nc2ccc(C)cc2C)c(O)c2sccc21. The first-order chi connectivity index (χ1) is 11.4. The molecule has 0 aliphatic heterocycles. The van der Waals surface area contributed by atoms with E-state index in [1.54, 1.807) is 17.5 Å². The molecular formula is C18H18N2O3S. The summed E-state index contributed by atoms with van der Waals surface area (Å²) in [6.07, 6.45) is 0. The van der Waals surface area contributed by atoms with Crippen LogP contribution in [-0.4, -0.2) is 15.6 Å². The van der Waals surface area contributed by atoms with E-state index in [4.69, 9.17) is 0 Å². The Hall–Kier alpha value is -2.60. The molecular weight excluding hydrogens is 324 g/mol. The number of pyridine rings is 1. The van der Waals surface area contributed by atoms with Crippen molar-refractivity contribution in [2.75, 3.05) is 5.32 Å². The topological polar surface area (TPSA) is 71.3 Å². The maximum Gasteiger partial charge on any atom is 0.267 e. The molecule has 6 heteroatoms. The highest BCUT2D eigenvalue weighted by atomic mass is 32.1. The van der Waals surface area contributed by atoms with E-state index in [2.05, 4.69) is 5.32 Å². The summed E-state index contributed by atoms with van der Waals surface area (Å²) in [4.78, 5) is 25.3. The van der Waals surface area contributed by atoms with Crippen LogP contribution in [0.2, 0.25) is 0 Å². The molecule has 1 amide bonds. The predicted molar refractivity (Wildman–Crippen MR) is 97.3 cm³/mol. The van der Waals surface area contributed by atoms with E-state index in [0.29, 0.717) is 22.4 Å². The number of amides is 1.